The molecule has 0 atom stereocenters. The summed E-state index contributed by atoms with van der Waals surface area (Å²) in [6.45, 7) is 1.07. The molecule has 0 heterocycles. The van der Waals surface area contributed by atoms with Crippen molar-refractivity contribution in [2.75, 3.05) is 0 Å². The minimum Gasteiger partial charge on any atom is -0.369 e. The van der Waals surface area contributed by atoms with Crippen molar-refractivity contribution in [3.8, 4) is 0 Å². The minimum absolute atomic E-state index is 0.000537. The first kappa shape index (κ1) is 13.4. The molecule has 1 aromatic carbocycles. The molecule has 0 aliphatic rings. The van der Waals surface area contributed by atoms with Crippen LogP contribution in [0.5, 0.6) is 0 Å². The molecular weight excluding hydrogens is 232 g/mol. The molecule has 10 N–H and O–H groups in total. The molecule has 0 bridgehead atoms. The molecule has 0 radical (unpaired) electrons. The fourth-order valence-electron chi connectivity index (χ4n) is 1.29. The fourth-order valence-corrected chi connectivity index (χ4v) is 1.29. The quantitative estimate of drug-likeness (QED) is 0.200. The first-order valence-electron chi connectivity index (χ1n) is 5.28. The Morgan fingerprint density at radius 1 is 0.889 bits per heavy atom. The van der Waals surface area contributed by atoms with E-state index in [-0.39, 0.29) is 11.9 Å². The molecule has 0 unspecified atom stereocenters. The summed E-state index contributed by atoms with van der Waals surface area (Å²) in [6, 6.07) is 7.84. The number of nitrogens with zero attached hydrogens (tertiary/aromatic N) is 2. The maximum absolute atomic E-state index is 5.20. The predicted molar refractivity (Wildman–Crippen MR) is 71.7 cm³/mol. The Morgan fingerprint density at radius 2 is 1.33 bits per heavy atom. The number of guanidine groups is 2. The van der Waals surface area contributed by atoms with E-state index in [1.807, 2.05) is 24.3 Å². The molecule has 8 heteroatoms. The van der Waals surface area contributed by atoms with Crippen molar-refractivity contribution in [1.82, 2.24) is 10.9 Å². The van der Waals surface area contributed by atoms with Gasteiger partial charge in [0.2, 0.25) is 11.9 Å². The lowest BCUT2D eigenvalue weighted by molar-refractivity contribution is 0.725. The Hall–Kier alpha value is -2.64. The van der Waals surface area contributed by atoms with Gasteiger partial charge in [0.15, 0.2) is 0 Å². The zero-order valence-electron chi connectivity index (χ0n) is 9.93. The van der Waals surface area contributed by atoms with Crippen LogP contribution in [0.15, 0.2) is 34.5 Å². The van der Waals surface area contributed by atoms with E-state index in [9.17, 15) is 0 Å². The van der Waals surface area contributed by atoms with Gasteiger partial charge in [-0.3, -0.25) is 0 Å². The van der Waals surface area contributed by atoms with Crippen LogP contribution in [0.4, 0.5) is 0 Å². The molecule has 0 aliphatic heterocycles. The highest BCUT2D eigenvalue weighted by Crippen LogP contribution is 2.04. The van der Waals surface area contributed by atoms with Crippen LogP contribution in [0.3, 0.4) is 0 Å². The van der Waals surface area contributed by atoms with Gasteiger partial charge in [0.05, 0.1) is 13.1 Å². The molecule has 0 fully saturated rings. The first-order chi connectivity index (χ1) is 8.58. The summed E-state index contributed by atoms with van der Waals surface area (Å²) in [5.41, 5.74) is 28.4. The Morgan fingerprint density at radius 3 is 1.72 bits per heavy atom. The summed E-state index contributed by atoms with van der Waals surface area (Å²) in [6.07, 6.45) is 0. The van der Waals surface area contributed by atoms with Crippen molar-refractivity contribution in [3.05, 3.63) is 35.4 Å². The summed E-state index contributed by atoms with van der Waals surface area (Å²) in [4.78, 5) is 0. The first-order valence-corrected chi connectivity index (χ1v) is 5.28. The van der Waals surface area contributed by atoms with Crippen molar-refractivity contribution < 1.29 is 0 Å². The summed E-state index contributed by atoms with van der Waals surface area (Å²) in [7, 11) is 0. The van der Waals surface area contributed by atoms with E-state index in [0.717, 1.165) is 11.1 Å². The zero-order valence-corrected chi connectivity index (χ0v) is 9.93. The fraction of sp³-hybridized carbons (Fsp3) is 0.200. The Kier molecular flexibility index (Phi) is 5.10. The van der Waals surface area contributed by atoms with Gasteiger partial charge in [0.25, 0.3) is 0 Å². The Bertz CT molecular complexity index is 394. The minimum atomic E-state index is 0.000537. The molecule has 0 saturated heterocycles. The SMILES string of the molecule is NC(N)=NNCc1cccc(CNN=C(N)N)c1. The molecule has 8 nitrogen and oxygen atoms in total. The zero-order chi connectivity index (χ0) is 13.4. The van der Waals surface area contributed by atoms with Crippen LogP contribution < -0.4 is 33.8 Å². The molecule has 98 valence electrons. The van der Waals surface area contributed by atoms with Gasteiger partial charge in [0.1, 0.15) is 0 Å². The van der Waals surface area contributed by atoms with Crippen LogP contribution in [-0.4, -0.2) is 11.9 Å². The third-order valence-electron chi connectivity index (χ3n) is 1.97. The summed E-state index contributed by atoms with van der Waals surface area (Å²) >= 11 is 0. The van der Waals surface area contributed by atoms with Gasteiger partial charge < -0.3 is 33.8 Å². The molecular formula is C10H18N8. The molecule has 0 amide bonds. The van der Waals surface area contributed by atoms with Gasteiger partial charge >= 0.3 is 0 Å². The highest BCUT2D eigenvalue weighted by Gasteiger charge is 1.95. The van der Waals surface area contributed by atoms with E-state index < -0.39 is 0 Å². The number of hydrogen-bond acceptors (Lipinski definition) is 4. The molecule has 0 aliphatic carbocycles. The second-order valence-electron chi connectivity index (χ2n) is 3.56. The number of nitrogens with two attached hydrogens (primary N) is 4. The summed E-state index contributed by atoms with van der Waals surface area (Å²) in [5.74, 6) is 0.00107. The lowest BCUT2D eigenvalue weighted by atomic mass is 10.1. The monoisotopic (exact) mass is 250 g/mol. The average Bonchev–Trinajstić information content (AvgIpc) is 2.28. The van der Waals surface area contributed by atoms with Crippen molar-refractivity contribution in [2.24, 2.45) is 33.1 Å². The van der Waals surface area contributed by atoms with Crippen LogP contribution in [0.2, 0.25) is 0 Å². The van der Waals surface area contributed by atoms with Gasteiger partial charge in [-0.05, 0) is 11.1 Å². The highest BCUT2D eigenvalue weighted by atomic mass is 15.3. The molecule has 0 saturated carbocycles. The number of rotatable bonds is 6. The van der Waals surface area contributed by atoms with Gasteiger partial charge in [-0.25, -0.2) is 0 Å². The van der Waals surface area contributed by atoms with Crippen LogP contribution in [0, 0.1) is 0 Å². The summed E-state index contributed by atoms with van der Waals surface area (Å²) < 4.78 is 0. The van der Waals surface area contributed by atoms with Crippen LogP contribution in [0.25, 0.3) is 0 Å². The van der Waals surface area contributed by atoms with E-state index in [1.165, 1.54) is 0 Å². The van der Waals surface area contributed by atoms with E-state index in [1.54, 1.807) is 0 Å². The highest BCUT2D eigenvalue weighted by molar-refractivity contribution is 5.75. The maximum atomic E-state index is 5.20. The summed E-state index contributed by atoms with van der Waals surface area (Å²) in [5, 5.41) is 7.37. The molecule has 0 spiro atoms. The number of benzene rings is 1. The van der Waals surface area contributed by atoms with Gasteiger partial charge in [-0.2, -0.15) is 0 Å². The van der Waals surface area contributed by atoms with Gasteiger partial charge in [-0.1, -0.05) is 24.3 Å². The predicted octanol–water partition coefficient (Wildman–Crippen LogP) is -1.76. The van der Waals surface area contributed by atoms with Crippen molar-refractivity contribution >= 4 is 11.9 Å². The number of hydrogen-bond donors (Lipinski definition) is 6. The third-order valence-corrected chi connectivity index (χ3v) is 1.97. The van der Waals surface area contributed by atoms with Crippen molar-refractivity contribution in [2.45, 2.75) is 13.1 Å². The lowest BCUT2D eigenvalue weighted by Crippen LogP contribution is -2.26. The lowest BCUT2D eigenvalue weighted by Gasteiger charge is -2.05. The number of hydrazone groups is 2. The topological polar surface area (TPSA) is 153 Å². The van der Waals surface area contributed by atoms with Crippen molar-refractivity contribution in [1.29, 1.82) is 0 Å². The van der Waals surface area contributed by atoms with Crippen molar-refractivity contribution in [3.63, 3.8) is 0 Å². The van der Waals surface area contributed by atoms with E-state index >= 15 is 0 Å². The second kappa shape index (κ2) is 6.84. The maximum Gasteiger partial charge on any atom is 0.208 e. The molecule has 1 aromatic rings. The van der Waals surface area contributed by atoms with E-state index in [2.05, 4.69) is 21.1 Å². The smallest absolute Gasteiger partial charge is 0.208 e. The Labute approximate surface area is 105 Å². The van der Waals surface area contributed by atoms with E-state index in [4.69, 9.17) is 22.9 Å². The van der Waals surface area contributed by atoms with Crippen LogP contribution in [0.1, 0.15) is 11.1 Å². The molecule has 18 heavy (non-hydrogen) atoms. The van der Waals surface area contributed by atoms with Gasteiger partial charge in [0, 0.05) is 0 Å². The van der Waals surface area contributed by atoms with Crippen LogP contribution in [-0.2, 0) is 13.1 Å². The second-order valence-corrected chi connectivity index (χ2v) is 3.56. The normalized spacial score (nSPS) is 9.33. The standard InChI is InChI=1S/C10H18N8/c11-9(12)17-15-5-7-2-1-3-8(4-7)6-16-18-10(13)14/h1-4,15-16H,5-6H2,(H4,11,12,17)(H4,13,14,18). The third kappa shape index (κ3) is 5.45. The average molecular weight is 250 g/mol. The molecule has 0 aromatic heterocycles. The Balaban J connectivity index is 2.51. The molecule has 1 rings (SSSR count). The van der Waals surface area contributed by atoms with Crippen LogP contribution >= 0.6 is 0 Å². The van der Waals surface area contributed by atoms with Gasteiger partial charge in [-0.15, -0.1) is 10.2 Å². The largest absolute Gasteiger partial charge is 0.369 e. The van der Waals surface area contributed by atoms with E-state index in [0.29, 0.717) is 13.1 Å². The number of nitrogens with one attached hydrogen (secondary N) is 2.